The number of hydrogen-bond donors (Lipinski definition) is 2. The Balaban J connectivity index is 1.51. The molecular formula is C21H27F2N3O5. The molecule has 1 aliphatic heterocycles. The second-order valence-electron chi connectivity index (χ2n) is 8.05. The van der Waals surface area contributed by atoms with Crippen LogP contribution in [0.3, 0.4) is 0 Å². The van der Waals surface area contributed by atoms with Crippen LogP contribution in [0.5, 0.6) is 11.5 Å². The summed E-state index contributed by atoms with van der Waals surface area (Å²) < 4.78 is 34.5. The smallest absolute Gasteiger partial charge is 0.387 e. The zero-order valence-electron chi connectivity index (χ0n) is 17.6. The summed E-state index contributed by atoms with van der Waals surface area (Å²) in [5.74, 6) is -0.214. The van der Waals surface area contributed by atoms with Crippen molar-refractivity contribution in [3.63, 3.8) is 0 Å². The average Bonchev–Trinajstić information content (AvgIpc) is 2.94. The summed E-state index contributed by atoms with van der Waals surface area (Å²) >= 11 is 0. The van der Waals surface area contributed by atoms with Gasteiger partial charge in [0.1, 0.15) is 12.1 Å². The van der Waals surface area contributed by atoms with E-state index < -0.39 is 24.1 Å². The van der Waals surface area contributed by atoms with Crippen LogP contribution >= 0.6 is 0 Å². The monoisotopic (exact) mass is 439 g/mol. The summed E-state index contributed by atoms with van der Waals surface area (Å²) in [6, 6.07) is 4.06. The predicted molar refractivity (Wildman–Crippen MR) is 107 cm³/mol. The zero-order chi connectivity index (χ0) is 22.6. The van der Waals surface area contributed by atoms with E-state index >= 15 is 0 Å². The Hall–Kier alpha value is -2.91. The van der Waals surface area contributed by atoms with Crippen LogP contribution in [0.15, 0.2) is 18.2 Å². The van der Waals surface area contributed by atoms with Crippen LogP contribution in [-0.4, -0.2) is 55.1 Å². The number of halogens is 2. The largest absolute Gasteiger partial charge is 0.493 e. The maximum absolute atomic E-state index is 12.8. The van der Waals surface area contributed by atoms with Gasteiger partial charge in [-0.25, -0.2) is 4.79 Å². The van der Waals surface area contributed by atoms with Crippen molar-refractivity contribution >= 4 is 17.8 Å². The van der Waals surface area contributed by atoms with Crippen molar-refractivity contribution in [3.05, 3.63) is 23.8 Å². The first kappa shape index (κ1) is 22.8. The van der Waals surface area contributed by atoms with Crippen molar-refractivity contribution in [2.75, 3.05) is 20.2 Å². The molecule has 0 unspecified atom stereocenters. The second kappa shape index (κ2) is 9.49. The minimum absolute atomic E-state index is 0.0900. The molecule has 0 atom stereocenters. The van der Waals surface area contributed by atoms with Crippen molar-refractivity contribution in [1.29, 1.82) is 0 Å². The number of rotatable bonds is 8. The molecule has 1 heterocycles. The number of carbonyl (C=O) groups is 3. The lowest BCUT2D eigenvalue weighted by atomic mass is 9.77. The molecule has 1 aromatic rings. The van der Waals surface area contributed by atoms with Crippen LogP contribution in [0.1, 0.15) is 38.2 Å². The van der Waals surface area contributed by atoms with Crippen LogP contribution < -0.4 is 20.1 Å². The van der Waals surface area contributed by atoms with Crippen LogP contribution in [0.2, 0.25) is 0 Å². The number of carbonyl (C=O) groups excluding carboxylic acids is 3. The van der Waals surface area contributed by atoms with Gasteiger partial charge in [0.05, 0.1) is 7.11 Å². The number of methoxy groups -OCH3 is 1. The summed E-state index contributed by atoms with van der Waals surface area (Å²) in [5, 5.41) is 5.43. The Morgan fingerprint density at radius 3 is 2.65 bits per heavy atom. The van der Waals surface area contributed by atoms with E-state index in [-0.39, 0.29) is 30.5 Å². The fraction of sp³-hybridized carbons (Fsp3) is 0.571. The SMILES string of the molecule is COc1ccc(CCNC(=O)CN2C(=O)NC3(CCC(C)CC3)C2=O)cc1OC(F)F. The molecule has 170 valence electrons. The zero-order valence-corrected chi connectivity index (χ0v) is 17.6. The number of alkyl halides is 2. The van der Waals surface area contributed by atoms with E-state index in [2.05, 4.69) is 22.3 Å². The van der Waals surface area contributed by atoms with Gasteiger partial charge in [-0.1, -0.05) is 13.0 Å². The Morgan fingerprint density at radius 1 is 1.29 bits per heavy atom. The number of ether oxygens (including phenoxy) is 2. The van der Waals surface area contributed by atoms with E-state index in [4.69, 9.17) is 4.74 Å². The summed E-state index contributed by atoms with van der Waals surface area (Å²) in [4.78, 5) is 38.3. The standard InChI is InChI=1S/C21H27F2N3O5/c1-13-5-8-21(9-6-13)18(28)26(20(29)25-21)12-17(27)24-10-7-14-3-4-15(30-2)16(11-14)31-19(22)23/h3-4,11,13,19H,5-10,12H2,1-2H3,(H,24,27)(H,25,29). The normalized spacial score (nSPS) is 23.3. The first-order valence-electron chi connectivity index (χ1n) is 10.3. The van der Waals surface area contributed by atoms with Gasteiger partial charge in [-0.3, -0.25) is 14.5 Å². The number of imide groups is 1. The van der Waals surface area contributed by atoms with Crippen LogP contribution in [0.4, 0.5) is 13.6 Å². The minimum Gasteiger partial charge on any atom is -0.493 e. The summed E-state index contributed by atoms with van der Waals surface area (Å²) in [6.07, 6.45) is 3.21. The van der Waals surface area contributed by atoms with Crippen molar-refractivity contribution < 1.29 is 32.6 Å². The molecule has 1 saturated carbocycles. The molecule has 1 saturated heterocycles. The van der Waals surface area contributed by atoms with Gasteiger partial charge in [-0.05, 0) is 55.7 Å². The number of benzene rings is 1. The molecule has 1 aromatic carbocycles. The molecular weight excluding hydrogens is 412 g/mol. The maximum Gasteiger partial charge on any atom is 0.387 e. The van der Waals surface area contributed by atoms with Gasteiger partial charge in [0, 0.05) is 6.54 Å². The molecule has 0 radical (unpaired) electrons. The quantitative estimate of drug-likeness (QED) is 0.607. The Morgan fingerprint density at radius 2 is 2.00 bits per heavy atom. The lowest BCUT2D eigenvalue weighted by Crippen LogP contribution is -2.50. The van der Waals surface area contributed by atoms with Crippen molar-refractivity contribution in [1.82, 2.24) is 15.5 Å². The van der Waals surface area contributed by atoms with Gasteiger partial charge >= 0.3 is 12.6 Å². The lowest BCUT2D eigenvalue weighted by Gasteiger charge is -2.33. The Kier molecular flexibility index (Phi) is 6.97. The number of amides is 4. The highest BCUT2D eigenvalue weighted by molar-refractivity contribution is 6.09. The van der Waals surface area contributed by atoms with E-state index in [9.17, 15) is 23.2 Å². The van der Waals surface area contributed by atoms with E-state index in [0.29, 0.717) is 30.7 Å². The van der Waals surface area contributed by atoms with Crippen molar-refractivity contribution in [2.24, 2.45) is 5.92 Å². The topological polar surface area (TPSA) is 97.0 Å². The van der Waals surface area contributed by atoms with Crippen LogP contribution in [0, 0.1) is 5.92 Å². The van der Waals surface area contributed by atoms with E-state index in [1.807, 2.05) is 0 Å². The Labute approximate surface area is 179 Å². The van der Waals surface area contributed by atoms with Crippen molar-refractivity contribution in [3.8, 4) is 11.5 Å². The highest BCUT2D eigenvalue weighted by Gasteiger charge is 2.52. The first-order chi connectivity index (χ1) is 14.7. The number of hydrogen-bond acceptors (Lipinski definition) is 5. The van der Waals surface area contributed by atoms with Gasteiger partial charge in [0.2, 0.25) is 5.91 Å². The highest BCUT2D eigenvalue weighted by atomic mass is 19.3. The number of nitrogens with one attached hydrogen (secondary N) is 2. The maximum atomic E-state index is 12.8. The molecule has 0 bridgehead atoms. The minimum atomic E-state index is -2.98. The van der Waals surface area contributed by atoms with Gasteiger partial charge in [-0.2, -0.15) is 8.78 Å². The number of urea groups is 1. The predicted octanol–water partition coefficient (Wildman–Crippen LogP) is 2.46. The Bertz CT molecular complexity index is 840. The van der Waals surface area contributed by atoms with Gasteiger partial charge in [0.25, 0.3) is 5.91 Å². The third-order valence-electron chi connectivity index (χ3n) is 5.86. The lowest BCUT2D eigenvalue weighted by molar-refractivity contribution is -0.136. The molecule has 4 amide bonds. The van der Waals surface area contributed by atoms with Gasteiger partial charge < -0.3 is 20.1 Å². The summed E-state index contributed by atoms with van der Waals surface area (Å²) in [7, 11) is 1.35. The molecule has 2 aliphatic rings. The van der Waals surface area contributed by atoms with Gasteiger partial charge in [0.15, 0.2) is 11.5 Å². The van der Waals surface area contributed by atoms with Crippen molar-refractivity contribution in [2.45, 2.75) is 51.2 Å². The average molecular weight is 439 g/mol. The molecule has 1 aliphatic carbocycles. The molecule has 8 nitrogen and oxygen atoms in total. The van der Waals surface area contributed by atoms with Crippen LogP contribution in [-0.2, 0) is 16.0 Å². The molecule has 3 rings (SSSR count). The molecule has 31 heavy (non-hydrogen) atoms. The molecule has 1 spiro atoms. The highest BCUT2D eigenvalue weighted by Crippen LogP contribution is 2.36. The molecule has 10 heteroatoms. The number of nitrogens with zero attached hydrogens (tertiary/aromatic N) is 1. The molecule has 0 aromatic heterocycles. The third-order valence-corrected chi connectivity index (χ3v) is 5.86. The second-order valence-corrected chi connectivity index (χ2v) is 8.05. The van der Waals surface area contributed by atoms with E-state index in [0.717, 1.165) is 17.7 Å². The summed E-state index contributed by atoms with van der Waals surface area (Å²) in [5.41, 5.74) is -0.226. The fourth-order valence-corrected chi connectivity index (χ4v) is 4.02. The molecule has 2 fully saturated rings. The first-order valence-corrected chi connectivity index (χ1v) is 10.3. The van der Waals surface area contributed by atoms with Crippen LogP contribution in [0.25, 0.3) is 0 Å². The van der Waals surface area contributed by atoms with Gasteiger partial charge in [-0.15, -0.1) is 0 Å². The fourth-order valence-electron chi connectivity index (χ4n) is 4.02. The van der Waals surface area contributed by atoms with E-state index in [1.54, 1.807) is 6.07 Å². The molecule has 2 N–H and O–H groups in total. The summed E-state index contributed by atoms with van der Waals surface area (Å²) in [6.45, 7) is -1.02. The third kappa shape index (κ3) is 5.23. The van der Waals surface area contributed by atoms with E-state index in [1.165, 1.54) is 19.2 Å².